The Hall–Kier alpha value is -1.76. The van der Waals surface area contributed by atoms with Crippen LogP contribution in [0.15, 0.2) is 42.5 Å². The summed E-state index contributed by atoms with van der Waals surface area (Å²) in [5.74, 6) is 1.59. The van der Waals surface area contributed by atoms with Crippen LogP contribution in [0.2, 0.25) is 0 Å². The van der Waals surface area contributed by atoms with Gasteiger partial charge < -0.3 is 5.73 Å². The van der Waals surface area contributed by atoms with Gasteiger partial charge in [0.05, 0.1) is 0 Å². The molecule has 1 heteroatoms. The molecule has 2 aromatic carbocycles. The fourth-order valence-corrected chi connectivity index (χ4v) is 5.35. The highest BCUT2D eigenvalue weighted by molar-refractivity contribution is 5.94. The molecule has 1 nitrogen and oxygen atoms in total. The molecule has 1 saturated carbocycles. The van der Waals surface area contributed by atoms with Crippen molar-refractivity contribution in [1.29, 1.82) is 0 Å². The fourth-order valence-electron chi connectivity index (χ4n) is 5.35. The molecule has 2 N–H and O–H groups in total. The van der Waals surface area contributed by atoms with Gasteiger partial charge in [0.15, 0.2) is 0 Å². The third kappa shape index (κ3) is 1.47. The third-order valence-electron chi connectivity index (χ3n) is 6.25. The number of allylic oxidation sites excluding steroid dienone is 2. The van der Waals surface area contributed by atoms with Crippen molar-refractivity contribution in [2.45, 2.75) is 37.5 Å². The summed E-state index contributed by atoms with van der Waals surface area (Å²) in [6.07, 6.45) is 11.6. The second kappa shape index (κ2) is 3.91. The van der Waals surface area contributed by atoms with Gasteiger partial charge >= 0.3 is 0 Å². The second-order valence-electron chi connectivity index (χ2n) is 7.28. The Balaban J connectivity index is 1.79. The lowest BCUT2D eigenvalue weighted by Crippen LogP contribution is -2.35. The lowest BCUT2D eigenvalue weighted by molar-refractivity contribution is 0.304. The number of hydrogen-bond donors (Lipinski definition) is 1. The van der Waals surface area contributed by atoms with E-state index in [1.165, 1.54) is 42.9 Å². The first-order chi connectivity index (χ1) is 10.3. The average Bonchev–Trinajstić information content (AvgIpc) is 3.08. The summed E-state index contributed by atoms with van der Waals surface area (Å²) in [7, 11) is 0. The van der Waals surface area contributed by atoms with E-state index in [1.807, 2.05) is 6.07 Å². The van der Waals surface area contributed by atoms with Crippen LogP contribution in [0.5, 0.6) is 0 Å². The summed E-state index contributed by atoms with van der Waals surface area (Å²) < 4.78 is 0. The van der Waals surface area contributed by atoms with Gasteiger partial charge in [-0.1, -0.05) is 30.4 Å². The lowest BCUT2D eigenvalue weighted by atomic mass is 9.63. The highest BCUT2D eigenvalue weighted by Crippen LogP contribution is 2.58. The lowest BCUT2D eigenvalue weighted by Gasteiger charge is -2.41. The van der Waals surface area contributed by atoms with E-state index < -0.39 is 0 Å². The Bertz CT molecular complexity index is 773. The van der Waals surface area contributed by atoms with Gasteiger partial charge in [-0.15, -0.1) is 0 Å². The minimum atomic E-state index is 0.420. The Labute approximate surface area is 125 Å². The van der Waals surface area contributed by atoms with Gasteiger partial charge in [-0.05, 0) is 72.6 Å². The quantitative estimate of drug-likeness (QED) is 0.552. The predicted molar refractivity (Wildman–Crippen MR) is 88.3 cm³/mol. The molecular weight excluding hydrogens is 254 g/mol. The molecule has 5 rings (SSSR count). The molecule has 3 aliphatic carbocycles. The zero-order valence-corrected chi connectivity index (χ0v) is 12.3. The van der Waals surface area contributed by atoms with Crippen molar-refractivity contribution >= 4 is 16.5 Å². The maximum absolute atomic E-state index is 6.24. The highest BCUT2D eigenvalue weighted by Gasteiger charge is 2.50. The molecule has 1 spiro atoms. The standard InChI is InChI=1S/C20H21N/c21-19-5-1-3-14-10-15-4-2-8-20(18(15)11-17(14)19)12-13-6-7-16(20)9-13/h1,3,5-7,10-11,13,16H,2,4,8-9,12,21H2. The van der Waals surface area contributed by atoms with Gasteiger partial charge in [-0.2, -0.15) is 0 Å². The van der Waals surface area contributed by atoms with Crippen molar-refractivity contribution in [3.8, 4) is 0 Å². The summed E-state index contributed by atoms with van der Waals surface area (Å²) >= 11 is 0. The Morgan fingerprint density at radius 1 is 1.14 bits per heavy atom. The van der Waals surface area contributed by atoms with Gasteiger partial charge in [0.2, 0.25) is 0 Å². The van der Waals surface area contributed by atoms with E-state index in [4.69, 9.17) is 5.73 Å². The van der Waals surface area contributed by atoms with Gasteiger partial charge in [-0.25, -0.2) is 0 Å². The molecule has 106 valence electrons. The molecule has 0 heterocycles. The van der Waals surface area contributed by atoms with Crippen LogP contribution in [-0.4, -0.2) is 0 Å². The number of anilines is 1. The number of nitrogens with two attached hydrogens (primary N) is 1. The van der Waals surface area contributed by atoms with E-state index in [1.54, 1.807) is 11.1 Å². The first kappa shape index (κ1) is 11.9. The molecule has 3 atom stereocenters. The Morgan fingerprint density at radius 2 is 2.10 bits per heavy atom. The van der Waals surface area contributed by atoms with E-state index in [0.717, 1.165) is 17.5 Å². The van der Waals surface area contributed by atoms with Crippen molar-refractivity contribution in [2.24, 2.45) is 11.8 Å². The van der Waals surface area contributed by atoms with E-state index in [2.05, 4.69) is 36.4 Å². The monoisotopic (exact) mass is 275 g/mol. The molecule has 21 heavy (non-hydrogen) atoms. The topological polar surface area (TPSA) is 26.0 Å². The average molecular weight is 275 g/mol. The zero-order chi connectivity index (χ0) is 14.0. The smallest absolute Gasteiger partial charge is 0.0393 e. The van der Waals surface area contributed by atoms with Crippen molar-refractivity contribution < 1.29 is 0 Å². The van der Waals surface area contributed by atoms with Crippen molar-refractivity contribution in [1.82, 2.24) is 0 Å². The SMILES string of the molecule is Nc1cccc2cc3c(cc12)C1(CCC3)CC2C=CC1C2. The fraction of sp³-hybridized carbons (Fsp3) is 0.400. The number of fused-ring (bicyclic) bond motifs is 6. The predicted octanol–water partition coefficient (Wildman–Crippen LogP) is 4.59. The molecule has 3 aliphatic rings. The number of nitrogen functional groups attached to an aromatic ring is 1. The minimum absolute atomic E-state index is 0.420. The van der Waals surface area contributed by atoms with Gasteiger partial charge in [-0.3, -0.25) is 0 Å². The second-order valence-corrected chi connectivity index (χ2v) is 7.28. The van der Waals surface area contributed by atoms with Crippen LogP contribution in [0.4, 0.5) is 5.69 Å². The first-order valence-corrected chi connectivity index (χ1v) is 8.26. The van der Waals surface area contributed by atoms with E-state index in [9.17, 15) is 0 Å². The Kier molecular flexibility index (Phi) is 2.21. The molecule has 2 aromatic rings. The normalized spacial score (nSPS) is 33.0. The molecule has 0 aliphatic heterocycles. The maximum Gasteiger partial charge on any atom is 0.0393 e. The number of benzene rings is 2. The largest absolute Gasteiger partial charge is 0.398 e. The van der Waals surface area contributed by atoms with Gasteiger partial charge in [0.1, 0.15) is 0 Å². The summed E-state index contributed by atoms with van der Waals surface area (Å²) in [6.45, 7) is 0. The van der Waals surface area contributed by atoms with Crippen LogP contribution >= 0.6 is 0 Å². The van der Waals surface area contributed by atoms with Crippen LogP contribution in [0.1, 0.15) is 36.8 Å². The molecule has 3 unspecified atom stereocenters. The van der Waals surface area contributed by atoms with Crippen LogP contribution in [0, 0.1) is 11.8 Å². The molecule has 0 aromatic heterocycles. The van der Waals surface area contributed by atoms with E-state index in [-0.39, 0.29) is 0 Å². The van der Waals surface area contributed by atoms with Crippen molar-refractivity contribution in [3.63, 3.8) is 0 Å². The summed E-state index contributed by atoms with van der Waals surface area (Å²) in [6, 6.07) is 11.2. The van der Waals surface area contributed by atoms with Crippen LogP contribution < -0.4 is 5.73 Å². The van der Waals surface area contributed by atoms with Gasteiger partial charge in [0.25, 0.3) is 0 Å². The molecule has 1 fully saturated rings. The van der Waals surface area contributed by atoms with Crippen LogP contribution in [0.3, 0.4) is 0 Å². The third-order valence-corrected chi connectivity index (χ3v) is 6.25. The molecule has 0 saturated heterocycles. The minimum Gasteiger partial charge on any atom is -0.398 e. The van der Waals surface area contributed by atoms with E-state index >= 15 is 0 Å². The van der Waals surface area contributed by atoms with Crippen LogP contribution in [-0.2, 0) is 11.8 Å². The van der Waals surface area contributed by atoms with Crippen molar-refractivity contribution in [3.05, 3.63) is 53.6 Å². The molecule has 2 bridgehead atoms. The Morgan fingerprint density at radius 3 is 2.90 bits per heavy atom. The summed E-state index contributed by atoms with van der Waals surface area (Å²) in [5, 5.41) is 2.56. The summed E-state index contributed by atoms with van der Waals surface area (Å²) in [4.78, 5) is 0. The molecule has 0 radical (unpaired) electrons. The number of hydrogen-bond acceptors (Lipinski definition) is 1. The number of rotatable bonds is 0. The first-order valence-electron chi connectivity index (χ1n) is 8.26. The number of aryl methyl sites for hydroxylation is 1. The highest BCUT2D eigenvalue weighted by atomic mass is 14.6. The molecule has 0 amide bonds. The van der Waals surface area contributed by atoms with Crippen molar-refractivity contribution in [2.75, 3.05) is 5.73 Å². The van der Waals surface area contributed by atoms with E-state index in [0.29, 0.717) is 5.41 Å². The molecular formula is C20H21N. The zero-order valence-electron chi connectivity index (χ0n) is 12.3. The summed E-state index contributed by atoms with van der Waals surface area (Å²) in [5.41, 5.74) is 10.8. The van der Waals surface area contributed by atoms with Crippen LogP contribution in [0.25, 0.3) is 10.8 Å². The van der Waals surface area contributed by atoms with Gasteiger partial charge in [0, 0.05) is 16.5 Å². The maximum atomic E-state index is 6.24.